The average Bonchev–Trinajstić information content (AvgIpc) is 3.38. The molecule has 32 heavy (non-hydrogen) atoms. The number of halogens is 2. The van der Waals surface area contributed by atoms with Crippen LogP contribution < -0.4 is 15.4 Å². The van der Waals surface area contributed by atoms with E-state index in [1.165, 1.54) is 6.92 Å². The van der Waals surface area contributed by atoms with Crippen LogP contribution in [-0.4, -0.2) is 37.6 Å². The topological polar surface area (TPSA) is 118 Å². The molecule has 0 aliphatic heterocycles. The van der Waals surface area contributed by atoms with Gasteiger partial charge in [-0.15, -0.1) is 0 Å². The second kappa shape index (κ2) is 10.2. The molecule has 1 unspecified atom stereocenters. The van der Waals surface area contributed by atoms with Crippen molar-refractivity contribution in [2.24, 2.45) is 5.92 Å². The van der Waals surface area contributed by atoms with Gasteiger partial charge < -0.3 is 19.7 Å². The molecule has 2 aromatic heterocycles. The molecule has 3 N–H and O–H groups in total. The molecule has 2 heterocycles. The highest BCUT2D eigenvalue weighted by Crippen LogP contribution is 2.31. The van der Waals surface area contributed by atoms with E-state index in [-0.39, 0.29) is 33.5 Å². The molecule has 0 saturated heterocycles. The van der Waals surface area contributed by atoms with Gasteiger partial charge in [0.15, 0.2) is 5.56 Å². The van der Waals surface area contributed by atoms with E-state index in [0.717, 1.165) is 12.1 Å². The summed E-state index contributed by atoms with van der Waals surface area (Å²) in [5, 5.41) is 14.6. The molecule has 0 fully saturated rings. The standard InChI is InChI=1S/C20H21F2N5O4S/c1-11(8-27-4-3-23-10-27)7-24-20(30)25-18-16(19(28)29)17(26-32-18)31-9-13-6-14(21)12(2)5-15(13)22/h3-6,10-11H,7-9H2,1-2H3,(H,28,29)(H2,24,25,30). The van der Waals surface area contributed by atoms with Gasteiger partial charge in [-0.25, -0.2) is 23.4 Å². The Bertz CT molecular complexity index is 1100. The van der Waals surface area contributed by atoms with Crippen LogP contribution in [0.3, 0.4) is 0 Å². The minimum atomic E-state index is -1.38. The van der Waals surface area contributed by atoms with Gasteiger partial charge in [-0.1, -0.05) is 6.92 Å². The van der Waals surface area contributed by atoms with Crippen LogP contribution in [0.4, 0.5) is 18.6 Å². The SMILES string of the molecule is Cc1cc(F)c(COc2nsc(NC(=O)NCC(C)Cn3ccnc3)c2C(=O)O)cc1F. The summed E-state index contributed by atoms with van der Waals surface area (Å²) in [5.41, 5.74) is -0.316. The number of urea groups is 1. The van der Waals surface area contributed by atoms with E-state index >= 15 is 0 Å². The van der Waals surface area contributed by atoms with Crippen molar-refractivity contribution in [3.63, 3.8) is 0 Å². The highest BCUT2D eigenvalue weighted by Gasteiger charge is 2.24. The van der Waals surface area contributed by atoms with Crippen LogP contribution in [0, 0.1) is 24.5 Å². The van der Waals surface area contributed by atoms with Gasteiger partial charge in [0, 0.05) is 31.0 Å². The van der Waals surface area contributed by atoms with Crippen molar-refractivity contribution in [3.05, 3.63) is 59.2 Å². The summed E-state index contributed by atoms with van der Waals surface area (Å²) in [4.78, 5) is 27.8. The summed E-state index contributed by atoms with van der Waals surface area (Å²) in [6, 6.07) is 1.40. The van der Waals surface area contributed by atoms with Crippen LogP contribution in [-0.2, 0) is 13.2 Å². The third-order valence-corrected chi connectivity index (χ3v) is 5.23. The first kappa shape index (κ1) is 23.1. The fraction of sp³-hybridized carbons (Fsp3) is 0.300. The maximum Gasteiger partial charge on any atom is 0.344 e. The molecule has 3 rings (SSSR count). The van der Waals surface area contributed by atoms with Crippen molar-refractivity contribution in [2.75, 3.05) is 11.9 Å². The van der Waals surface area contributed by atoms with E-state index < -0.39 is 30.2 Å². The van der Waals surface area contributed by atoms with E-state index in [1.54, 1.807) is 12.5 Å². The van der Waals surface area contributed by atoms with Crippen molar-refractivity contribution in [1.82, 2.24) is 19.2 Å². The lowest BCUT2D eigenvalue weighted by Crippen LogP contribution is -2.33. The van der Waals surface area contributed by atoms with E-state index in [2.05, 4.69) is 20.0 Å². The van der Waals surface area contributed by atoms with Gasteiger partial charge in [0.05, 0.1) is 6.33 Å². The normalized spacial score (nSPS) is 11.8. The van der Waals surface area contributed by atoms with Crippen LogP contribution in [0.5, 0.6) is 5.88 Å². The number of anilines is 1. The first-order chi connectivity index (χ1) is 15.2. The molecule has 0 aliphatic carbocycles. The van der Waals surface area contributed by atoms with Crippen molar-refractivity contribution in [3.8, 4) is 5.88 Å². The molecule has 0 radical (unpaired) electrons. The molecule has 12 heteroatoms. The van der Waals surface area contributed by atoms with Gasteiger partial charge in [-0.05, 0) is 42.1 Å². The summed E-state index contributed by atoms with van der Waals surface area (Å²) in [5.74, 6) is -2.87. The number of hydrogen-bond donors (Lipinski definition) is 3. The second-order valence-corrected chi connectivity index (χ2v) is 7.95. The molecule has 0 spiro atoms. The van der Waals surface area contributed by atoms with Crippen molar-refractivity contribution < 1.29 is 28.2 Å². The zero-order valence-corrected chi connectivity index (χ0v) is 18.1. The second-order valence-electron chi connectivity index (χ2n) is 7.18. The van der Waals surface area contributed by atoms with Crippen LogP contribution in [0.2, 0.25) is 0 Å². The minimum Gasteiger partial charge on any atom is -0.477 e. The number of carbonyl (C=O) groups is 2. The first-order valence-electron chi connectivity index (χ1n) is 9.55. The third kappa shape index (κ3) is 5.78. The number of carboxylic acid groups (broad SMARTS) is 1. The first-order valence-corrected chi connectivity index (χ1v) is 10.3. The summed E-state index contributed by atoms with van der Waals surface area (Å²) >= 11 is 0.708. The molecule has 3 aromatic rings. The highest BCUT2D eigenvalue weighted by molar-refractivity contribution is 7.11. The fourth-order valence-corrected chi connectivity index (χ4v) is 3.55. The van der Waals surface area contributed by atoms with E-state index in [4.69, 9.17) is 4.74 Å². The Labute approximate surface area is 186 Å². The number of nitrogens with zero attached hydrogens (tertiary/aromatic N) is 3. The third-order valence-electron chi connectivity index (χ3n) is 4.49. The van der Waals surface area contributed by atoms with E-state index in [1.807, 2.05) is 17.7 Å². The Balaban J connectivity index is 1.61. The maximum absolute atomic E-state index is 14.0. The molecule has 1 aromatic carbocycles. The molecule has 0 aliphatic rings. The predicted octanol–water partition coefficient (Wildman–Crippen LogP) is 3.66. The molecule has 0 saturated carbocycles. The Kier molecular flexibility index (Phi) is 7.36. The van der Waals surface area contributed by atoms with E-state index in [0.29, 0.717) is 24.6 Å². The van der Waals surface area contributed by atoms with Crippen molar-refractivity contribution >= 4 is 28.5 Å². The molecular weight excluding hydrogens is 444 g/mol. The minimum absolute atomic E-state index is 0.0391. The van der Waals surface area contributed by atoms with Gasteiger partial charge in [0.25, 0.3) is 0 Å². The number of carboxylic acids is 1. The number of nitrogens with one attached hydrogen (secondary N) is 2. The maximum atomic E-state index is 14.0. The van der Waals surface area contributed by atoms with E-state index in [9.17, 15) is 23.5 Å². The number of hydrogen-bond acceptors (Lipinski definition) is 6. The number of rotatable bonds is 9. The summed E-state index contributed by atoms with van der Waals surface area (Å²) < 4.78 is 38.8. The molecular formula is C20H21F2N5O4S. The number of benzene rings is 1. The van der Waals surface area contributed by atoms with Gasteiger partial charge in [-0.3, -0.25) is 5.32 Å². The van der Waals surface area contributed by atoms with Crippen LogP contribution in [0.1, 0.15) is 28.4 Å². The van der Waals surface area contributed by atoms with Crippen LogP contribution in [0.15, 0.2) is 30.9 Å². The van der Waals surface area contributed by atoms with Crippen LogP contribution in [0.25, 0.3) is 0 Å². The Morgan fingerprint density at radius 3 is 2.78 bits per heavy atom. The Morgan fingerprint density at radius 2 is 2.09 bits per heavy atom. The number of carbonyl (C=O) groups excluding carboxylic acids is 1. The Morgan fingerprint density at radius 1 is 1.31 bits per heavy atom. The summed E-state index contributed by atoms with van der Waals surface area (Å²) in [7, 11) is 0. The Hall–Kier alpha value is -3.54. The van der Waals surface area contributed by atoms with Gasteiger partial charge >= 0.3 is 12.0 Å². The lowest BCUT2D eigenvalue weighted by Gasteiger charge is -2.13. The smallest absolute Gasteiger partial charge is 0.344 e. The molecule has 9 nitrogen and oxygen atoms in total. The quantitative estimate of drug-likeness (QED) is 0.444. The molecule has 170 valence electrons. The fourth-order valence-electron chi connectivity index (χ4n) is 2.83. The van der Waals surface area contributed by atoms with Crippen molar-refractivity contribution in [1.29, 1.82) is 0 Å². The number of imidazole rings is 1. The van der Waals surface area contributed by atoms with Gasteiger partial charge in [-0.2, -0.15) is 4.37 Å². The molecule has 1 atom stereocenters. The lowest BCUT2D eigenvalue weighted by molar-refractivity contribution is 0.0693. The lowest BCUT2D eigenvalue weighted by atomic mass is 10.1. The zero-order valence-electron chi connectivity index (χ0n) is 17.3. The summed E-state index contributed by atoms with van der Waals surface area (Å²) in [6.07, 6.45) is 5.14. The molecule has 0 bridgehead atoms. The number of amides is 2. The highest BCUT2D eigenvalue weighted by atomic mass is 32.1. The van der Waals surface area contributed by atoms with Crippen molar-refractivity contribution in [2.45, 2.75) is 27.0 Å². The largest absolute Gasteiger partial charge is 0.477 e. The number of ether oxygens (including phenoxy) is 1. The van der Waals surface area contributed by atoms with Gasteiger partial charge in [0.2, 0.25) is 5.88 Å². The van der Waals surface area contributed by atoms with Crippen LogP contribution >= 0.6 is 11.5 Å². The average molecular weight is 465 g/mol. The number of aromatic carboxylic acids is 1. The number of aromatic nitrogens is 3. The predicted molar refractivity (Wildman–Crippen MR) is 113 cm³/mol. The monoisotopic (exact) mass is 465 g/mol. The number of aryl methyl sites for hydroxylation is 1. The zero-order chi connectivity index (χ0) is 23.3. The molecule has 2 amide bonds. The summed E-state index contributed by atoms with van der Waals surface area (Å²) in [6.45, 7) is 3.93. The van der Waals surface area contributed by atoms with Gasteiger partial charge in [0.1, 0.15) is 23.2 Å².